The molecule has 7 heteroatoms. The highest BCUT2D eigenvalue weighted by Gasteiger charge is 2.21. The first-order valence-corrected chi connectivity index (χ1v) is 7.87. The van der Waals surface area contributed by atoms with Gasteiger partial charge in [0.15, 0.2) is 0 Å². The number of aliphatic hydroxyl groups is 1. The van der Waals surface area contributed by atoms with Crippen molar-refractivity contribution < 1.29 is 9.90 Å². The Labute approximate surface area is 130 Å². The number of carbonyl (C=O) groups excluding carboxylic acids is 1. The van der Waals surface area contributed by atoms with Crippen LogP contribution in [0, 0.1) is 0 Å². The van der Waals surface area contributed by atoms with Crippen LogP contribution in [-0.4, -0.2) is 39.2 Å². The Morgan fingerprint density at radius 1 is 1.45 bits per heavy atom. The van der Waals surface area contributed by atoms with E-state index in [4.69, 9.17) is 5.73 Å². The van der Waals surface area contributed by atoms with E-state index in [9.17, 15) is 9.90 Å². The molecule has 22 heavy (non-hydrogen) atoms. The van der Waals surface area contributed by atoms with E-state index < -0.39 is 5.91 Å². The van der Waals surface area contributed by atoms with Gasteiger partial charge in [0.25, 0.3) is 5.91 Å². The van der Waals surface area contributed by atoms with Gasteiger partial charge in [0.2, 0.25) is 5.95 Å². The molecule has 1 aromatic rings. The number of amides is 1. The van der Waals surface area contributed by atoms with Gasteiger partial charge in [0.1, 0.15) is 5.82 Å². The zero-order valence-corrected chi connectivity index (χ0v) is 13.2. The molecule has 1 aliphatic rings. The molecule has 5 N–H and O–H groups in total. The molecule has 7 nitrogen and oxygen atoms in total. The van der Waals surface area contributed by atoms with Crippen molar-refractivity contribution in [1.82, 2.24) is 9.97 Å². The molecule has 1 atom stereocenters. The molecule has 1 aromatic heterocycles. The number of primary amides is 1. The Morgan fingerprint density at radius 2 is 2.14 bits per heavy atom. The number of hydrogen-bond donors (Lipinski definition) is 4. The molecule has 2 rings (SSSR count). The smallest absolute Gasteiger partial charge is 0.254 e. The van der Waals surface area contributed by atoms with Crippen LogP contribution in [0.15, 0.2) is 6.20 Å². The summed E-state index contributed by atoms with van der Waals surface area (Å²) >= 11 is 0. The fraction of sp³-hybridized carbons (Fsp3) is 0.667. The number of carbonyl (C=O) groups is 1. The highest BCUT2D eigenvalue weighted by molar-refractivity contribution is 5.97. The molecule has 0 radical (unpaired) electrons. The average molecular weight is 307 g/mol. The zero-order valence-electron chi connectivity index (χ0n) is 13.2. The predicted molar refractivity (Wildman–Crippen MR) is 85.8 cm³/mol. The third-order valence-electron chi connectivity index (χ3n) is 4.08. The van der Waals surface area contributed by atoms with Crippen molar-refractivity contribution in [2.24, 2.45) is 5.73 Å². The molecule has 1 fully saturated rings. The van der Waals surface area contributed by atoms with Crippen molar-refractivity contribution in [2.75, 3.05) is 10.6 Å². The minimum Gasteiger partial charge on any atom is -0.393 e. The number of aromatic nitrogens is 2. The third-order valence-corrected chi connectivity index (χ3v) is 4.08. The van der Waals surface area contributed by atoms with E-state index in [0.717, 1.165) is 32.1 Å². The van der Waals surface area contributed by atoms with Crippen LogP contribution in [0.4, 0.5) is 11.8 Å². The number of nitrogens with zero attached hydrogens (tertiary/aromatic N) is 2. The highest BCUT2D eigenvalue weighted by Crippen LogP contribution is 2.22. The Hall–Kier alpha value is -1.89. The highest BCUT2D eigenvalue weighted by atomic mass is 16.3. The summed E-state index contributed by atoms with van der Waals surface area (Å²) in [7, 11) is 0. The fourth-order valence-corrected chi connectivity index (χ4v) is 2.48. The quantitative estimate of drug-likeness (QED) is 0.633. The maximum absolute atomic E-state index is 11.5. The summed E-state index contributed by atoms with van der Waals surface area (Å²) in [5.41, 5.74) is 5.67. The molecule has 0 unspecified atom stereocenters. The van der Waals surface area contributed by atoms with Crippen molar-refractivity contribution in [3.8, 4) is 0 Å². The third kappa shape index (κ3) is 4.30. The number of nitrogens with two attached hydrogens (primary N) is 1. The Morgan fingerprint density at radius 3 is 2.73 bits per heavy atom. The second-order valence-electron chi connectivity index (χ2n) is 5.92. The number of anilines is 2. The molecular weight excluding hydrogens is 282 g/mol. The first-order valence-electron chi connectivity index (χ1n) is 7.87. The van der Waals surface area contributed by atoms with Crippen LogP contribution in [0.2, 0.25) is 0 Å². The SMILES string of the molecule is CC[C@@H](C)Nc1nc(NC2CCC(O)CC2)ncc1C(N)=O. The molecule has 1 aliphatic carbocycles. The lowest BCUT2D eigenvalue weighted by atomic mass is 9.93. The number of rotatable bonds is 6. The molecule has 0 aliphatic heterocycles. The Bertz CT molecular complexity index is 515. The monoisotopic (exact) mass is 307 g/mol. The van der Waals surface area contributed by atoms with Crippen molar-refractivity contribution in [1.29, 1.82) is 0 Å². The van der Waals surface area contributed by atoms with Gasteiger partial charge in [-0.1, -0.05) is 6.92 Å². The predicted octanol–water partition coefficient (Wildman–Crippen LogP) is 1.50. The van der Waals surface area contributed by atoms with Crippen LogP contribution in [0.3, 0.4) is 0 Å². The lowest BCUT2D eigenvalue weighted by molar-refractivity contribution is 0.100. The summed E-state index contributed by atoms with van der Waals surface area (Å²) in [6, 6.07) is 0.435. The number of nitrogens with one attached hydrogen (secondary N) is 2. The molecule has 1 heterocycles. The maximum Gasteiger partial charge on any atom is 0.254 e. The molecule has 0 saturated heterocycles. The van der Waals surface area contributed by atoms with Crippen LogP contribution < -0.4 is 16.4 Å². The van der Waals surface area contributed by atoms with Crippen molar-refractivity contribution in [3.63, 3.8) is 0 Å². The van der Waals surface area contributed by atoms with E-state index in [-0.39, 0.29) is 18.2 Å². The van der Waals surface area contributed by atoms with E-state index >= 15 is 0 Å². The van der Waals surface area contributed by atoms with E-state index in [1.807, 2.05) is 6.92 Å². The molecule has 0 aromatic carbocycles. The minimum atomic E-state index is -0.543. The molecule has 0 spiro atoms. The van der Waals surface area contributed by atoms with Gasteiger partial charge >= 0.3 is 0 Å². The molecule has 0 bridgehead atoms. The first kappa shape index (κ1) is 16.5. The molecule has 122 valence electrons. The Kier molecular flexibility index (Phi) is 5.54. The van der Waals surface area contributed by atoms with Gasteiger partial charge in [0.05, 0.1) is 11.7 Å². The number of aliphatic hydroxyl groups excluding tert-OH is 1. The van der Waals surface area contributed by atoms with E-state index in [1.54, 1.807) is 0 Å². The summed E-state index contributed by atoms with van der Waals surface area (Å²) in [6.45, 7) is 4.07. The second-order valence-corrected chi connectivity index (χ2v) is 5.92. The second kappa shape index (κ2) is 7.40. The fourth-order valence-electron chi connectivity index (χ4n) is 2.48. The van der Waals surface area contributed by atoms with E-state index in [2.05, 4.69) is 27.5 Å². The van der Waals surface area contributed by atoms with E-state index in [1.165, 1.54) is 6.20 Å². The van der Waals surface area contributed by atoms with Crippen molar-refractivity contribution in [3.05, 3.63) is 11.8 Å². The van der Waals surface area contributed by atoms with Gasteiger partial charge in [-0.25, -0.2) is 4.98 Å². The van der Waals surface area contributed by atoms with Gasteiger partial charge in [-0.05, 0) is 39.0 Å². The number of hydrogen-bond acceptors (Lipinski definition) is 6. The van der Waals surface area contributed by atoms with E-state index in [0.29, 0.717) is 17.3 Å². The van der Waals surface area contributed by atoms with Gasteiger partial charge in [0, 0.05) is 18.3 Å². The van der Waals surface area contributed by atoms with Gasteiger partial charge in [-0.15, -0.1) is 0 Å². The minimum absolute atomic E-state index is 0.186. The zero-order chi connectivity index (χ0) is 16.1. The van der Waals surface area contributed by atoms with Crippen LogP contribution in [0.1, 0.15) is 56.3 Å². The van der Waals surface area contributed by atoms with Crippen LogP contribution in [-0.2, 0) is 0 Å². The lowest BCUT2D eigenvalue weighted by Crippen LogP contribution is -2.29. The average Bonchev–Trinajstić information content (AvgIpc) is 2.49. The van der Waals surface area contributed by atoms with Crippen LogP contribution in [0.5, 0.6) is 0 Å². The summed E-state index contributed by atoms with van der Waals surface area (Å²) in [5.74, 6) is 0.408. The summed E-state index contributed by atoms with van der Waals surface area (Å²) < 4.78 is 0. The summed E-state index contributed by atoms with van der Waals surface area (Å²) in [4.78, 5) is 20.1. The molecule has 1 amide bonds. The molecule has 1 saturated carbocycles. The van der Waals surface area contributed by atoms with Crippen LogP contribution in [0.25, 0.3) is 0 Å². The van der Waals surface area contributed by atoms with Gasteiger partial charge in [-0.3, -0.25) is 4.79 Å². The van der Waals surface area contributed by atoms with Gasteiger partial charge < -0.3 is 21.5 Å². The summed E-state index contributed by atoms with van der Waals surface area (Å²) in [6.07, 6.45) is 5.51. The first-order chi connectivity index (χ1) is 10.5. The topological polar surface area (TPSA) is 113 Å². The Balaban J connectivity index is 2.11. The normalized spacial score (nSPS) is 22.9. The van der Waals surface area contributed by atoms with Crippen molar-refractivity contribution >= 4 is 17.7 Å². The van der Waals surface area contributed by atoms with Gasteiger partial charge in [-0.2, -0.15) is 4.98 Å². The maximum atomic E-state index is 11.5. The standard InChI is InChI=1S/C15H25N5O2/c1-3-9(2)18-14-12(13(16)22)8-17-15(20-14)19-10-4-6-11(21)7-5-10/h8-11,21H,3-7H2,1-2H3,(H2,16,22)(H2,17,18,19,20)/t9-,10?,11?/m1/s1. The lowest BCUT2D eigenvalue weighted by Gasteiger charge is -2.26. The summed E-state index contributed by atoms with van der Waals surface area (Å²) in [5, 5.41) is 16.0. The van der Waals surface area contributed by atoms with Crippen molar-refractivity contribution in [2.45, 2.75) is 64.1 Å². The molecular formula is C15H25N5O2. The van der Waals surface area contributed by atoms with Crippen LogP contribution >= 0.6 is 0 Å². The largest absolute Gasteiger partial charge is 0.393 e.